The zero-order valence-corrected chi connectivity index (χ0v) is 26.3. The number of nitrogens with zero attached hydrogens (tertiary/aromatic N) is 2. The largest absolute Gasteiger partial charge is 1.00 e. The molecule has 0 aromatic carbocycles. The fourth-order valence-corrected chi connectivity index (χ4v) is 3.66. The van der Waals surface area contributed by atoms with E-state index in [0.717, 1.165) is 4.48 Å². The molecule has 0 amide bonds. The van der Waals surface area contributed by atoms with Gasteiger partial charge in [0.05, 0.1) is 54.4 Å². The maximum Gasteiger partial charge on any atom is 0.0782 e. The molecule has 0 aliphatic carbocycles. The normalized spacial score (nSPS) is 11.2. The van der Waals surface area contributed by atoms with E-state index in [1.54, 1.807) is 0 Å². The first-order valence-corrected chi connectivity index (χ1v) is 13.4. The van der Waals surface area contributed by atoms with Crippen molar-refractivity contribution < 1.29 is 42.9 Å². The quantitative estimate of drug-likeness (QED) is 0.164. The van der Waals surface area contributed by atoms with Crippen LogP contribution in [0, 0.1) is 0 Å². The van der Waals surface area contributed by atoms with Crippen LogP contribution in [0.25, 0.3) is 0 Å². The van der Waals surface area contributed by atoms with Crippen LogP contribution in [0.15, 0.2) is 0 Å². The van der Waals surface area contributed by atoms with Gasteiger partial charge in [-0.15, -0.1) is 0 Å². The molecule has 2 nitrogen and oxygen atoms in total. The fourth-order valence-electron chi connectivity index (χ4n) is 3.66. The van der Waals surface area contributed by atoms with E-state index in [2.05, 4.69) is 55.9 Å². The summed E-state index contributed by atoms with van der Waals surface area (Å²) in [4.78, 5) is 0. The highest BCUT2D eigenvalue weighted by Crippen LogP contribution is 2.13. The van der Waals surface area contributed by atoms with Gasteiger partial charge in [-0.25, -0.2) is 0 Å². The second-order valence-electron chi connectivity index (χ2n) is 10.5. The second kappa shape index (κ2) is 27.1. The van der Waals surface area contributed by atoms with Gasteiger partial charge in [-0.2, -0.15) is 0 Å². The van der Waals surface area contributed by atoms with Crippen molar-refractivity contribution in [3.05, 3.63) is 0 Å². The first-order chi connectivity index (χ1) is 13.7. The van der Waals surface area contributed by atoms with Crippen molar-refractivity contribution in [3.63, 3.8) is 0 Å². The van der Waals surface area contributed by atoms with Crippen molar-refractivity contribution in [2.45, 2.75) is 124 Å². The van der Waals surface area contributed by atoms with Crippen LogP contribution < -0.4 is 34.0 Å². The summed E-state index contributed by atoms with van der Waals surface area (Å²) in [5.41, 5.74) is 0. The van der Waals surface area contributed by atoms with E-state index in [1.165, 1.54) is 127 Å². The van der Waals surface area contributed by atoms with Crippen LogP contribution in [-0.2, 0) is 0 Å². The van der Waals surface area contributed by atoms with Gasteiger partial charge in [0, 0.05) is 0 Å². The van der Waals surface area contributed by atoms with Gasteiger partial charge in [0.2, 0.25) is 0 Å². The molecular weight excluding hydrogens is 512 g/mol. The summed E-state index contributed by atoms with van der Waals surface area (Å²) in [5, 5.41) is 0. The number of rotatable bonds is 19. The Bertz CT molecular complexity index is 320. The predicted octanol–water partition coefficient (Wildman–Crippen LogP) is 2.06. The summed E-state index contributed by atoms with van der Waals surface area (Å²) < 4.78 is 2.36. The lowest BCUT2D eigenvalue weighted by Gasteiger charge is -2.28. The molecule has 194 valence electrons. The molecule has 0 heterocycles. The molecule has 0 aliphatic heterocycles. The Kier molecular flexibility index (Phi) is 34.2. The first-order valence-electron chi connectivity index (χ1n) is 13.4. The highest BCUT2D eigenvalue weighted by Gasteiger charge is 2.10. The van der Waals surface area contributed by atoms with Crippen LogP contribution in [0.2, 0.25) is 0 Å². The van der Waals surface area contributed by atoms with Gasteiger partial charge in [0.15, 0.2) is 0 Å². The van der Waals surface area contributed by atoms with Crippen molar-refractivity contribution >= 4 is 0 Å². The molecule has 0 rings (SSSR count). The molecule has 4 heteroatoms. The van der Waals surface area contributed by atoms with Crippen LogP contribution >= 0.6 is 0 Å². The zero-order valence-electron chi connectivity index (χ0n) is 23.1. The molecule has 0 atom stereocenters. The topological polar surface area (TPSA) is 0 Å². The van der Waals surface area contributed by atoms with E-state index >= 15 is 0 Å². The average Bonchev–Trinajstić information content (AvgIpc) is 2.68. The molecule has 0 aliphatic rings. The molecule has 0 saturated heterocycles. The molecule has 0 unspecified atom stereocenters. The summed E-state index contributed by atoms with van der Waals surface area (Å²) in [7, 11) is 9.23. The number of hydrogen-bond donors (Lipinski definition) is 0. The molecule has 0 N–H and O–H groups in total. The van der Waals surface area contributed by atoms with E-state index in [1.807, 2.05) is 0 Å². The lowest BCUT2D eigenvalue weighted by atomic mass is 10.0. The summed E-state index contributed by atoms with van der Waals surface area (Å²) in [5.74, 6) is 0. The Balaban J connectivity index is -0.000000311. The monoisotopic (exact) mass is 572 g/mol. The Labute approximate surface area is 220 Å². The van der Waals surface area contributed by atoms with E-state index < -0.39 is 0 Å². The van der Waals surface area contributed by atoms with E-state index in [4.69, 9.17) is 0 Å². The second-order valence-corrected chi connectivity index (χ2v) is 10.5. The van der Waals surface area contributed by atoms with Gasteiger partial charge < -0.3 is 42.9 Å². The molecule has 31 heavy (non-hydrogen) atoms. The smallest absolute Gasteiger partial charge is 0.0782 e. The Morgan fingerprint density at radius 1 is 0.355 bits per heavy atom. The lowest BCUT2D eigenvalue weighted by Crippen LogP contribution is -3.00. The molecule has 0 aromatic rings. The van der Waals surface area contributed by atoms with Crippen molar-refractivity contribution in [1.82, 2.24) is 0 Å². The van der Waals surface area contributed by atoms with Gasteiger partial charge >= 0.3 is 0 Å². The number of quaternary nitrogens is 2. The number of halogens is 2. The van der Waals surface area contributed by atoms with Gasteiger partial charge in [0.25, 0.3) is 0 Å². The molecule has 0 bridgehead atoms. The minimum absolute atomic E-state index is 0. The Morgan fingerprint density at radius 2 is 0.645 bits per heavy atom. The third kappa shape index (κ3) is 33.1. The first kappa shape index (κ1) is 39.1. The third-order valence-electron chi connectivity index (χ3n) is 6.66. The lowest BCUT2D eigenvalue weighted by molar-refractivity contribution is -0.888. The third-order valence-corrected chi connectivity index (χ3v) is 6.66. The number of hydrogen-bond acceptors (Lipinski definition) is 0. The highest BCUT2D eigenvalue weighted by atomic mass is 79.9. The van der Waals surface area contributed by atoms with Gasteiger partial charge in [-0.05, 0) is 33.1 Å². The van der Waals surface area contributed by atoms with Gasteiger partial charge in [-0.1, -0.05) is 90.9 Å². The van der Waals surface area contributed by atoms with Crippen LogP contribution in [0.4, 0.5) is 0 Å². The molecule has 0 spiro atoms. The molecule has 0 aromatic heterocycles. The molecular formula is C27H62Br2N2. The molecule has 0 fully saturated rings. The minimum atomic E-state index is 0. The van der Waals surface area contributed by atoms with Crippen molar-refractivity contribution in [1.29, 1.82) is 0 Å². The van der Waals surface area contributed by atoms with Crippen LogP contribution in [-0.4, -0.2) is 63.3 Å². The fraction of sp³-hybridized carbons (Fsp3) is 1.00. The summed E-state index contributed by atoms with van der Waals surface area (Å²) >= 11 is 0. The Hall–Kier alpha value is 0.880. The van der Waals surface area contributed by atoms with Gasteiger partial charge in [0.1, 0.15) is 0 Å². The average molecular weight is 575 g/mol. The maximum atomic E-state index is 2.35. The van der Waals surface area contributed by atoms with Crippen LogP contribution in [0.3, 0.4) is 0 Å². The number of unbranched alkanes of at least 4 members (excludes halogenated alkanes) is 13. The summed E-state index contributed by atoms with van der Waals surface area (Å²) in [6.45, 7) is 14.2. The van der Waals surface area contributed by atoms with Crippen molar-refractivity contribution in [2.24, 2.45) is 0 Å². The van der Waals surface area contributed by atoms with Crippen LogP contribution in [0.1, 0.15) is 124 Å². The van der Waals surface area contributed by atoms with E-state index in [-0.39, 0.29) is 34.0 Å². The minimum Gasteiger partial charge on any atom is -1.00 e. The predicted molar refractivity (Wildman–Crippen MR) is 136 cm³/mol. The van der Waals surface area contributed by atoms with Gasteiger partial charge in [-0.3, -0.25) is 0 Å². The summed E-state index contributed by atoms with van der Waals surface area (Å²) in [6.07, 6.45) is 21.7. The highest BCUT2D eigenvalue weighted by molar-refractivity contribution is 4.49. The molecule has 0 radical (unpaired) electrons. The van der Waals surface area contributed by atoms with Crippen molar-refractivity contribution in [2.75, 3.05) is 54.4 Å². The zero-order chi connectivity index (χ0) is 22.4. The van der Waals surface area contributed by atoms with Crippen molar-refractivity contribution in [3.8, 4) is 0 Å². The van der Waals surface area contributed by atoms with Crippen LogP contribution in [0.5, 0.6) is 0 Å². The Morgan fingerprint density at radius 3 is 0.903 bits per heavy atom. The van der Waals surface area contributed by atoms with E-state index in [0.29, 0.717) is 0 Å². The maximum absolute atomic E-state index is 2.35. The van der Waals surface area contributed by atoms with E-state index in [9.17, 15) is 0 Å². The molecule has 0 saturated carbocycles. The summed E-state index contributed by atoms with van der Waals surface area (Å²) in [6, 6.07) is 0. The SMILES string of the molecule is CCCCCCCCCCCCCCCC[N+](C)(C)CC.CCC[N+](C)(C)CC.[Br-].[Br-]. The standard InChI is InChI=1S/C20H44N.C7H18N.2BrH/c1-5-7-8-9-10-11-12-13-14-15-16-17-18-19-20-21(3,4)6-2;1-5-7-8(3,4)6-2;;/h5-20H2,1-4H3;5-7H2,1-4H3;2*1H/q2*+1;;/p-2.